The summed E-state index contributed by atoms with van der Waals surface area (Å²) in [5, 5.41) is 0. The molecule has 1 heterocycles. The maximum atomic E-state index is 3.47. The fourth-order valence-electron chi connectivity index (χ4n) is 1.04. The van der Waals surface area contributed by atoms with Crippen molar-refractivity contribution in [2.24, 2.45) is 0 Å². The Morgan fingerprint density at radius 1 is 1.00 bits per heavy atom. The van der Waals surface area contributed by atoms with Gasteiger partial charge < -0.3 is 0 Å². The Hall–Kier alpha value is -0.741. The van der Waals surface area contributed by atoms with E-state index in [1.165, 1.54) is 3.35 Å². The van der Waals surface area contributed by atoms with Crippen LogP contribution < -0.4 is 0 Å². The van der Waals surface area contributed by atoms with Crippen molar-refractivity contribution in [1.29, 1.82) is 0 Å². The molecule has 0 saturated carbocycles. The number of rotatable bonds is 0. The van der Waals surface area contributed by atoms with Crippen molar-refractivity contribution < 1.29 is 0 Å². The van der Waals surface area contributed by atoms with Gasteiger partial charge in [-0.3, -0.25) is 0 Å². The first kappa shape index (κ1) is 9.80. The van der Waals surface area contributed by atoms with E-state index in [1.54, 1.807) is 0 Å². The molecule has 0 aliphatic rings. The summed E-state index contributed by atoms with van der Waals surface area (Å²) in [4.78, 5) is 2.19. The molecule has 2 heteroatoms. The van der Waals surface area contributed by atoms with Crippen LogP contribution in [-0.2, 0) is 0 Å². The predicted molar refractivity (Wildman–Crippen MR) is 63.5 cm³/mol. The van der Waals surface area contributed by atoms with Crippen molar-refractivity contribution in [3.05, 3.63) is 55.8 Å². The molecule has 0 aliphatic heterocycles. The van der Waals surface area contributed by atoms with E-state index in [1.807, 2.05) is 30.3 Å². The molecule has 0 nitrogen and oxygen atoms in total. The molecule has 1 aromatic carbocycles. The molecule has 0 radical (unpaired) electrons. The van der Waals surface area contributed by atoms with E-state index in [0.29, 0.717) is 14.5 Å². The van der Waals surface area contributed by atoms with Gasteiger partial charge in [-0.1, -0.05) is 0 Å². The molecule has 0 amide bonds. The molecule has 2 aromatic rings. The van der Waals surface area contributed by atoms with Crippen LogP contribution in [0.1, 0.15) is 11.1 Å². The van der Waals surface area contributed by atoms with Gasteiger partial charge in [-0.05, 0) is 0 Å². The van der Waals surface area contributed by atoms with Crippen LogP contribution in [0.3, 0.4) is 0 Å². The molecule has 0 aliphatic carbocycles. The van der Waals surface area contributed by atoms with Gasteiger partial charge in [0, 0.05) is 0 Å². The van der Waals surface area contributed by atoms with Crippen molar-refractivity contribution in [1.82, 2.24) is 0 Å². The van der Waals surface area contributed by atoms with E-state index >= 15 is 0 Å². The molecule has 0 unspecified atom stereocenters. The van der Waals surface area contributed by atoms with Gasteiger partial charge in [-0.15, -0.1) is 0 Å². The Kier molecular flexibility index (Phi) is 3.26. The third kappa shape index (κ3) is 2.62. The van der Waals surface area contributed by atoms with Crippen LogP contribution >= 0.6 is 15.9 Å². The number of hydrogen-bond acceptors (Lipinski definition) is 0. The minimum absolute atomic E-state index is 0.459. The van der Waals surface area contributed by atoms with E-state index in [0.717, 1.165) is 11.1 Å². The van der Waals surface area contributed by atoms with E-state index in [-0.39, 0.29) is 0 Å². The molecular formula is C12H7BrSe. The standard InChI is InChI=1S/C12H7BrSe/c13-12-8-11(9-14-12)7-6-10-4-2-1-3-5-10/h1-5,8-9H. The monoisotopic (exact) mass is 310 g/mol. The minimum atomic E-state index is 0.459. The summed E-state index contributed by atoms with van der Waals surface area (Å²) in [6, 6.07) is 12.1. The van der Waals surface area contributed by atoms with Crippen LogP contribution in [-0.4, -0.2) is 14.5 Å². The average molecular weight is 310 g/mol. The normalized spacial score (nSPS) is 9.21. The summed E-state index contributed by atoms with van der Waals surface area (Å²) in [5.41, 5.74) is 2.19. The van der Waals surface area contributed by atoms with Gasteiger partial charge in [-0.25, -0.2) is 0 Å². The van der Waals surface area contributed by atoms with Gasteiger partial charge in [0.2, 0.25) is 0 Å². The number of hydrogen-bond donors (Lipinski definition) is 0. The van der Waals surface area contributed by atoms with E-state index in [9.17, 15) is 0 Å². The summed E-state index contributed by atoms with van der Waals surface area (Å²) in [7, 11) is 0. The second-order valence-electron chi connectivity index (χ2n) is 2.76. The summed E-state index contributed by atoms with van der Waals surface area (Å²) in [6.45, 7) is 0. The zero-order valence-electron chi connectivity index (χ0n) is 7.33. The second kappa shape index (κ2) is 4.66. The molecule has 0 atom stereocenters. The van der Waals surface area contributed by atoms with E-state index < -0.39 is 0 Å². The van der Waals surface area contributed by atoms with Gasteiger partial charge in [0.1, 0.15) is 0 Å². The Labute approximate surface area is 97.8 Å². The van der Waals surface area contributed by atoms with Crippen molar-refractivity contribution in [3.8, 4) is 11.8 Å². The van der Waals surface area contributed by atoms with Gasteiger partial charge in [0.25, 0.3) is 0 Å². The third-order valence-electron chi connectivity index (χ3n) is 1.69. The topological polar surface area (TPSA) is 0 Å². The molecule has 14 heavy (non-hydrogen) atoms. The van der Waals surface area contributed by atoms with Gasteiger partial charge in [-0.2, -0.15) is 0 Å². The van der Waals surface area contributed by atoms with Crippen LogP contribution in [0.15, 0.2) is 44.7 Å². The molecule has 2 rings (SSSR count). The van der Waals surface area contributed by atoms with Crippen LogP contribution in [0.5, 0.6) is 0 Å². The van der Waals surface area contributed by atoms with Crippen LogP contribution in [0.4, 0.5) is 0 Å². The zero-order chi connectivity index (χ0) is 9.80. The average Bonchev–Trinajstić information content (AvgIpc) is 2.63. The molecule has 0 bridgehead atoms. The third-order valence-corrected chi connectivity index (χ3v) is 4.39. The number of halogens is 1. The van der Waals surface area contributed by atoms with Crippen molar-refractivity contribution in [3.63, 3.8) is 0 Å². The van der Waals surface area contributed by atoms with Gasteiger partial charge >= 0.3 is 98.1 Å². The maximum absolute atomic E-state index is 3.47. The summed E-state index contributed by atoms with van der Waals surface area (Å²) in [5.74, 6) is 6.28. The van der Waals surface area contributed by atoms with Crippen molar-refractivity contribution in [2.75, 3.05) is 0 Å². The Balaban J connectivity index is 2.23. The molecule has 0 N–H and O–H groups in total. The zero-order valence-corrected chi connectivity index (χ0v) is 10.6. The first-order valence-electron chi connectivity index (χ1n) is 4.16. The molecular weight excluding hydrogens is 303 g/mol. The Bertz CT molecular complexity index is 474. The SMILES string of the molecule is Brc1cc(C#Cc2ccccc2)c[se]1. The van der Waals surface area contributed by atoms with Gasteiger partial charge in [0.05, 0.1) is 0 Å². The fourth-order valence-corrected chi connectivity index (χ4v) is 2.95. The number of benzene rings is 1. The molecule has 0 spiro atoms. The molecule has 0 fully saturated rings. The van der Waals surface area contributed by atoms with Crippen molar-refractivity contribution in [2.45, 2.75) is 0 Å². The van der Waals surface area contributed by atoms with Crippen LogP contribution in [0.25, 0.3) is 0 Å². The first-order chi connectivity index (χ1) is 6.84. The Morgan fingerprint density at radius 3 is 2.36 bits per heavy atom. The van der Waals surface area contributed by atoms with E-state index in [2.05, 4.69) is 38.8 Å². The summed E-state index contributed by atoms with van der Waals surface area (Å²) >= 11 is 3.93. The summed E-state index contributed by atoms with van der Waals surface area (Å²) in [6.07, 6.45) is 0. The second-order valence-corrected chi connectivity index (χ2v) is 6.70. The van der Waals surface area contributed by atoms with Crippen LogP contribution in [0.2, 0.25) is 0 Å². The molecule has 1 aromatic heterocycles. The summed E-state index contributed by atoms with van der Waals surface area (Å²) < 4.78 is 1.27. The quantitative estimate of drug-likeness (QED) is 0.518. The fraction of sp³-hybridized carbons (Fsp3) is 0. The van der Waals surface area contributed by atoms with Crippen LogP contribution in [0, 0.1) is 11.8 Å². The first-order valence-corrected chi connectivity index (χ1v) is 6.79. The molecule has 0 saturated heterocycles. The molecule has 68 valence electrons. The predicted octanol–water partition coefficient (Wildman–Crippen LogP) is 2.91. The van der Waals surface area contributed by atoms with Crippen molar-refractivity contribution >= 4 is 30.4 Å². The Morgan fingerprint density at radius 2 is 1.71 bits per heavy atom. The van der Waals surface area contributed by atoms with E-state index in [4.69, 9.17) is 0 Å². The van der Waals surface area contributed by atoms with Gasteiger partial charge in [0.15, 0.2) is 0 Å².